The second-order valence-corrected chi connectivity index (χ2v) is 7.49. The fourth-order valence-corrected chi connectivity index (χ4v) is 3.47. The van der Waals surface area contributed by atoms with E-state index in [1.165, 1.54) is 36.9 Å². The molecule has 0 aromatic heterocycles. The van der Waals surface area contributed by atoms with E-state index < -0.39 is 11.1 Å². The summed E-state index contributed by atoms with van der Waals surface area (Å²) in [6.07, 6.45) is 0. The minimum absolute atomic E-state index is 0.00250. The van der Waals surface area contributed by atoms with Crippen LogP contribution < -0.4 is 10.1 Å². The van der Waals surface area contributed by atoms with E-state index in [-0.39, 0.29) is 28.0 Å². The lowest BCUT2D eigenvalue weighted by molar-refractivity contribution is 0.101. The Bertz CT molecular complexity index is 926. The molecule has 1 atom stereocenters. The molecule has 0 bridgehead atoms. The van der Waals surface area contributed by atoms with Crippen molar-refractivity contribution in [3.63, 3.8) is 0 Å². The molecule has 2 aromatic rings. The number of carbonyl (C=O) groups excluding carboxylic acids is 2. The van der Waals surface area contributed by atoms with Crippen molar-refractivity contribution in [1.82, 2.24) is 5.32 Å². The van der Waals surface area contributed by atoms with Gasteiger partial charge in [-0.3, -0.25) is 14.6 Å². The number of carbonyl (C=O) groups is 2. The van der Waals surface area contributed by atoms with Gasteiger partial charge in [0.05, 0.1) is 5.75 Å². The summed E-state index contributed by atoms with van der Waals surface area (Å²) in [6, 6.07) is 10.8. The Hall–Kier alpha value is -2.49. The number of amidine groups is 1. The number of ketones is 2. The molecule has 0 aliphatic heterocycles. The zero-order chi connectivity index (χ0) is 20.7. The number of hydrogen-bond donors (Lipinski definition) is 2. The molecule has 0 spiro atoms. The van der Waals surface area contributed by atoms with Crippen LogP contribution >= 0.6 is 11.8 Å². The van der Waals surface area contributed by atoms with E-state index in [1.807, 2.05) is 0 Å². The molecule has 1 unspecified atom stereocenters. The molecular formula is C19H20N2O5S2. The molecule has 7 nitrogen and oxygen atoms in total. The van der Waals surface area contributed by atoms with Gasteiger partial charge >= 0.3 is 0 Å². The number of nitrogens with one attached hydrogen (secondary N) is 1. The summed E-state index contributed by atoms with van der Waals surface area (Å²) in [5, 5.41) is 3.57. The fraction of sp³-hybridized carbons (Fsp3) is 0.211. The van der Waals surface area contributed by atoms with Gasteiger partial charge in [0.2, 0.25) is 0 Å². The first-order valence-electron chi connectivity index (χ1n) is 8.20. The third kappa shape index (κ3) is 5.75. The van der Waals surface area contributed by atoms with Gasteiger partial charge in [-0.2, -0.15) is 0 Å². The highest BCUT2D eigenvalue weighted by Gasteiger charge is 2.14. The molecule has 2 aromatic carbocycles. The van der Waals surface area contributed by atoms with E-state index in [1.54, 1.807) is 38.4 Å². The van der Waals surface area contributed by atoms with Crippen LogP contribution in [-0.4, -0.2) is 45.3 Å². The maximum Gasteiger partial charge on any atom is 0.190 e. The average molecular weight is 421 g/mol. The molecule has 0 radical (unpaired) electrons. The van der Waals surface area contributed by atoms with Crippen LogP contribution in [0.5, 0.6) is 11.5 Å². The number of nitrogens with zero attached hydrogens (tertiary/aromatic N) is 1. The first kappa shape index (κ1) is 21.8. The Balaban J connectivity index is 2.13. The summed E-state index contributed by atoms with van der Waals surface area (Å²) in [6.45, 7) is 1.37. The summed E-state index contributed by atoms with van der Waals surface area (Å²) in [5.41, 5.74) is 0.837. The highest BCUT2D eigenvalue weighted by molar-refractivity contribution is 8.14. The molecule has 2 N–H and O–H groups in total. The maximum absolute atomic E-state index is 12.2. The third-order valence-electron chi connectivity index (χ3n) is 3.70. The predicted octanol–water partition coefficient (Wildman–Crippen LogP) is 3.38. The SMILES string of the molecule is CN=C(NC)SCC(=O)c1ccc(Oc2ccc(C(C)=O)cc2S(=O)O)cc1. The Labute approximate surface area is 169 Å². The molecule has 28 heavy (non-hydrogen) atoms. The summed E-state index contributed by atoms with van der Waals surface area (Å²) >= 11 is -1.00. The van der Waals surface area contributed by atoms with Crippen molar-refractivity contribution in [3.8, 4) is 11.5 Å². The Morgan fingerprint density at radius 1 is 1.18 bits per heavy atom. The summed E-state index contributed by atoms with van der Waals surface area (Å²) in [5.74, 6) is 0.536. The van der Waals surface area contributed by atoms with Crippen LogP contribution in [0.1, 0.15) is 27.6 Å². The number of rotatable bonds is 7. The first-order valence-corrected chi connectivity index (χ1v) is 10.3. The normalized spacial score (nSPS) is 12.4. The summed E-state index contributed by atoms with van der Waals surface area (Å²) in [7, 11) is 3.38. The molecular weight excluding hydrogens is 400 g/mol. The van der Waals surface area contributed by atoms with Gasteiger partial charge < -0.3 is 14.6 Å². The zero-order valence-electron chi connectivity index (χ0n) is 15.6. The first-order chi connectivity index (χ1) is 13.3. The van der Waals surface area contributed by atoms with Crippen molar-refractivity contribution < 1.29 is 23.1 Å². The van der Waals surface area contributed by atoms with E-state index in [4.69, 9.17) is 4.74 Å². The van der Waals surface area contributed by atoms with Crippen LogP contribution in [0, 0.1) is 0 Å². The van der Waals surface area contributed by atoms with Gasteiger partial charge in [-0.15, -0.1) is 0 Å². The van der Waals surface area contributed by atoms with Gasteiger partial charge in [-0.05, 0) is 49.4 Å². The van der Waals surface area contributed by atoms with E-state index in [0.717, 1.165) is 0 Å². The Morgan fingerprint density at radius 2 is 1.82 bits per heavy atom. The molecule has 148 valence electrons. The number of ether oxygens (including phenoxy) is 1. The molecule has 0 saturated carbocycles. The Morgan fingerprint density at radius 3 is 2.36 bits per heavy atom. The molecule has 0 saturated heterocycles. The lowest BCUT2D eigenvalue weighted by atomic mass is 10.1. The number of Topliss-reactive ketones (excluding diaryl/α,β-unsaturated/α-hetero) is 2. The van der Waals surface area contributed by atoms with Crippen molar-refractivity contribution in [2.24, 2.45) is 4.99 Å². The van der Waals surface area contributed by atoms with Gasteiger partial charge in [0.1, 0.15) is 16.4 Å². The quantitative estimate of drug-likeness (QED) is 0.306. The Kier molecular flexibility index (Phi) is 7.91. The molecule has 0 fully saturated rings. The van der Waals surface area contributed by atoms with Crippen molar-refractivity contribution in [2.75, 3.05) is 19.8 Å². The number of aliphatic imine (C=N–C) groups is 1. The van der Waals surface area contributed by atoms with E-state index in [9.17, 15) is 18.4 Å². The van der Waals surface area contributed by atoms with Crippen molar-refractivity contribution in [2.45, 2.75) is 11.8 Å². The second kappa shape index (κ2) is 10.2. The predicted molar refractivity (Wildman–Crippen MR) is 111 cm³/mol. The standard InChI is InChI=1S/C19H20N2O5S2/c1-12(22)14-6-9-17(18(10-14)28(24)25)26-15-7-4-13(5-8-15)16(23)11-27-19(20-2)21-3/h4-10H,11H2,1-3H3,(H,20,21)(H,24,25). The number of hydrogen-bond acceptors (Lipinski definition) is 6. The molecule has 0 aliphatic rings. The van der Waals surface area contributed by atoms with Crippen LogP contribution in [-0.2, 0) is 11.1 Å². The van der Waals surface area contributed by atoms with Crippen molar-refractivity contribution in [1.29, 1.82) is 0 Å². The van der Waals surface area contributed by atoms with Gasteiger partial charge in [0.15, 0.2) is 27.8 Å². The van der Waals surface area contributed by atoms with Gasteiger partial charge in [0.25, 0.3) is 0 Å². The van der Waals surface area contributed by atoms with E-state index in [0.29, 0.717) is 22.0 Å². The minimum Gasteiger partial charge on any atom is -0.456 e. The van der Waals surface area contributed by atoms with Crippen LogP contribution in [0.25, 0.3) is 0 Å². The number of thioether (sulfide) groups is 1. The number of benzene rings is 2. The van der Waals surface area contributed by atoms with Gasteiger partial charge in [-0.1, -0.05) is 11.8 Å². The molecule has 0 heterocycles. The van der Waals surface area contributed by atoms with E-state index >= 15 is 0 Å². The van der Waals surface area contributed by atoms with Crippen molar-refractivity contribution in [3.05, 3.63) is 53.6 Å². The highest BCUT2D eigenvalue weighted by atomic mass is 32.2. The summed E-state index contributed by atoms with van der Waals surface area (Å²) < 4.78 is 26.7. The monoisotopic (exact) mass is 420 g/mol. The largest absolute Gasteiger partial charge is 0.456 e. The summed E-state index contributed by atoms with van der Waals surface area (Å²) in [4.78, 5) is 27.7. The minimum atomic E-state index is -2.31. The molecule has 0 aliphatic carbocycles. The van der Waals surface area contributed by atoms with Crippen LogP contribution in [0.15, 0.2) is 52.4 Å². The van der Waals surface area contributed by atoms with Crippen LogP contribution in [0.2, 0.25) is 0 Å². The second-order valence-electron chi connectivity index (χ2n) is 5.58. The lowest BCUT2D eigenvalue weighted by Crippen LogP contribution is -2.16. The smallest absolute Gasteiger partial charge is 0.190 e. The molecule has 0 amide bonds. The molecule has 2 rings (SSSR count). The van der Waals surface area contributed by atoms with Crippen LogP contribution in [0.3, 0.4) is 0 Å². The molecule has 9 heteroatoms. The third-order valence-corrected chi connectivity index (χ3v) is 5.46. The average Bonchev–Trinajstić information content (AvgIpc) is 2.69. The lowest BCUT2D eigenvalue weighted by Gasteiger charge is -2.10. The van der Waals surface area contributed by atoms with Crippen molar-refractivity contribution >= 4 is 39.6 Å². The topological polar surface area (TPSA) is 105 Å². The van der Waals surface area contributed by atoms with E-state index in [2.05, 4.69) is 10.3 Å². The van der Waals surface area contributed by atoms with Crippen LogP contribution in [0.4, 0.5) is 0 Å². The zero-order valence-corrected chi connectivity index (χ0v) is 17.2. The van der Waals surface area contributed by atoms with Gasteiger partial charge in [-0.25, -0.2) is 4.21 Å². The van der Waals surface area contributed by atoms with Gasteiger partial charge in [0, 0.05) is 25.2 Å². The maximum atomic E-state index is 12.2. The highest BCUT2D eigenvalue weighted by Crippen LogP contribution is 2.29. The fourth-order valence-electron chi connectivity index (χ4n) is 2.25.